The Labute approximate surface area is 125 Å². The van der Waals surface area contributed by atoms with E-state index in [1.54, 1.807) is 11.3 Å². The molecule has 2 aromatic rings. The third-order valence-corrected chi connectivity index (χ3v) is 4.21. The van der Waals surface area contributed by atoms with Crippen molar-refractivity contribution in [2.75, 3.05) is 5.73 Å². The quantitative estimate of drug-likeness (QED) is 0.504. The number of thiophene rings is 1. The van der Waals surface area contributed by atoms with E-state index < -0.39 is 10.8 Å². The zero-order chi connectivity index (χ0) is 15.4. The fourth-order valence-corrected chi connectivity index (χ4v) is 2.82. The molecule has 0 saturated heterocycles. The molecule has 0 fully saturated rings. The fraction of sp³-hybridized carbons (Fsp3) is 0.214. The summed E-state index contributed by atoms with van der Waals surface area (Å²) in [6.45, 7) is 2.40. The van der Waals surface area contributed by atoms with E-state index in [4.69, 9.17) is 5.73 Å². The summed E-state index contributed by atoms with van der Waals surface area (Å²) >= 11 is 1.61. The standard InChI is InChI=1S/C14H15N3O3S/c1-2-9-6-7-10(21-9)8-16-14(18)11-4-3-5-12(15)13(11)17(19)20/h3-7H,2,8,15H2,1H3,(H,16,18). The van der Waals surface area contributed by atoms with Crippen LogP contribution in [0.4, 0.5) is 11.4 Å². The number of nitrogens with zero attached hydrogens (tertiary/aromatic N) is 1. The molecular weight excluding hydrogens is 290 g/mol. The summed E-state index contributed by atoms with van der Waals surface area (Å²) in [6.07, 6.45) is 0.944. The van der Waals surface area contributed by atoms with Crippen LogP contribution < -0.4 is 11.1 Å². The molecular formula is C14H15N3O3S. The monoisotopic (exact) mass is 305 g/mol. The van der Waals surface area contributed by atoms with Gasteiger partial charge in [-0.15, -0.1) is 11.3 Å². The maximum Gasteiger partial charge on any atom is 0.304 e. The number of anilines is 1. The van der Waals surface area contributed by atoms with Crippen molar-refractivity contribution < 1.29 is 9.72 Å². The SMILES string of the molecule is CCc1ccc(CNC(=O)c2cccc(N)c2[N+](=O)[O-])s1. The second-order valence-electron chi connectivity index (χ2n) is 4.40. The van der Waals surface area contributed by atoms with Gasteiger partial charge < -0.3 is 11.1 Å². The lowest BCUT2D eigenvalue weighted by atomic mass is 10.1. The molecule has 0 spiro atoms. The molecule has 1 heterocycles. The summed E-state index contributed by atoms with van der Waals surface area (Å²) in [5.74, 6) is -0.500. The van der Waals surface area contributed by atoms with E-state index in [0.29, 0.717) is 6.54 Å². The molecule has 110 valence electrons. The molecule has 0 aliphatic carbocycles. The van der Waals surface area contributed by atoms with Crippen LogP contribution in [0.1, 0.15) is 27.0 Å². The van der Waals surface area contributed by atoms with Crippen LogP contribution >= 0.6 is 11.3 Å². The van der Waals surface area contributed by atoms with E-state index in [1.165, 1.54) is 23.1 Å². The number of nitrogens with one attached hydrogen (secondary N) is 1. The molecule has 0 saturated carbocycles. The highest BCUT2D eigenvalue weighted by atomic mass is 32.1. The Morgan fingerprint density at radius 1 is 1.33 bits per heavy atom. The molecule has 0 atom stereocenters. The van der Waals surface area contributed by atoms with Crippen molar-refractivity contribution in [2.45, 2.75) is 19.9 Å². The molecule has 0 unspecified atom stereocenters. The van der Waals surface area contributed by atoms with E-state index in [1.807, 2.05) is 12.1 Å². The van der Waals surface area contributed by atoms with E-state index >= 15 is 0 Å². The van der Waals surface area contributed by atoms with Gasteiger partial charge >= 0.3 is 5.69 Å². The van der Waals surface area contributed by atoms with Crippen LogP contribution in [0, 0.1) is 10.1 Å². The summed E-state index contributed by atoms with van der Waals surface area (Å²) in [5.41, 5.74) is 5.18. The molecule has 1 amide bonds. The van der Waals surface area contributed by atoms with Gasteiger partial charge in [0.05, 0.1) is 11.5 Å². The third kappa shape index (κ3) is 3.38. The molecule has 21 heavy (non-hydrogen) atoms. The van der Waals surface area contributed by atoms with Crippen molar-refractivity contribution in [3.63, 3.8) is 0 Å². The predicted octanol–water partition coefficient (Wildman–Crippen LogP) is 2.73. The normalized spacial score (nSPS) is 10.3. The van der Waals surface area contributed by atoms with Gasteiger partial charge in [-0.1, -0.05) is 13.0 Å². The number of hydrogen-bond acceptors (Lipinski definition) is 5. The lowest BCUT2D eigenvalue weighted by Gasteiger charge is -2.06. The van der Waals surface area contributed by atoms with Gasteiger partial charge in [-0.25, -0.2) is 0 Å². The number of nitro benzene ring substituents is 1. The van der Waals surface area contributed by atoms with Gasteiger partial charge in [0, 0.05) is 9.75 Å². The minimum absolute atomic E-state index is 0.0166. The highest BCUT2D eigenvalue weighted by Gasteiger charge is 2.22. The Hall–Kier alpha value is -2.41. The molecule has 0 bridgehead atoms. The lowest BCUT2D eigenvalue weighted by molar-refractivity contribution is -0.384. The molecule has 1 aromatic heterocycles. The van der Waals surface area contributed by atoms with Crippen molar-refractivity contribution in [3.05, 3.63) is 55.8 Å². The zero-order valence-corrected chi connectivity index (χ0v) is 12.3. The van der Waals surface area contributed by atoms with Gasteiger partial charge in [-0.2, -0.15) is 0 Å². The van der Waals surface area contributed by atoms with Crippen LogP contribution in [0.5, 0.6) is 0 Å². The summed E-state index contributed by atoms with van der Waals surface area (Å²) in [4.78, 5) is 24.7. The molecule has 0 radical (unpaired) electrons. The van der Waals surface area contributed by atoms with Crippen molar-refractivity contribution in [2.24, 2.45) is 0 Å². The Morgan fingerprint density at radius 3 is 2.67 bits per heavy atom. The number of hydrogen-bond donors (Lipinski definition) is 2. The van der Waals surface area contributed by atoms with Gasteiger partial charge in [0.15, 0.2) is 0 Å². The number of nitro groups is 1. The predicted molar refractivity (Wildman–Crippen MR) is 82.4 cm³/mol. The summed E-state index contributed by atoms with van der Waals surface area (Å²) in [7, 11) is 0. The number of para-hydroxylation sites is 1. The van der Waals surface area contributed by atoms with Gasteiger partial charge in [0.2, 0.25) is 0 Å². The fourth-order valence-electron chi connectivity index (χ4n) is 1.92. The van der Waals surface area contributed by atoms with E-state index in [-0.39, 0.29) is 16.9 Å². The first kappa shape index (κ1) is 15.0. The highest BCUT2D eigenvalue weighted by molar-refractivity contribution is 7.11. The topological polar surface area (TPSA) is 98.3 Å². The van der Waals surface area contributed by atoms with Gasteiger partial charge in [-0.05, 0) is 30.7 Å². The lowest BCUT2D eigenvalue weighted by Crippen LogP contribution is -2.23. The van der Waals surface area contributed by atoms with Gasteiger partial charge in [0.1, 0.15) is 11.3 Å². The highest BCUT2D eigenvalue weighted by Crippen LogP contribution is 2.26. The largest absolute Gasteiger partial charge is 0.393 e. The van der Waals surface area contributed by atoms with Gasteiger partial charge in [-0.3, -0.25) is 14.9 Å². The first-order chi connectivity index (χ1) is 10.0. The number of amides is 1. The Morgan fingerprint density at radius 2 is 2.05 bits per heavy atom. The van der Waals surface area contributed by atoms with Crippen molar-refractivity contribution in [1.29, 1.82) is 0 Å². The zero-order valence-electron chi connectivity index (χ0n) is 11.5. The molecule has 7 heteroatoms. The van der Waals surface area contributed by atoms with Crippen molar-refractivity contribution in [3.8, 4) is 0 Å². The summed E-state index contributed by atoms with van der Waals surface area (Å²) in [6, 6.07) is 8.28. The Kier molecular flexibility index (Phi) is 4.54. The number of aryl methyl sites for hydroxylation is 1. The molecule has 3 N–H and O–H groups in total. The molecule has 6 nitrogen and oxygen atoms in total. The second kappa shape index (κ2) is 6.36. The van der Waals surface area contributed by atoms with E-state index in [2.05, 4.69) is 12.2 Å². The Balaban J connectivity index is 2.14. The molecule has 1 aromatic carbocycles. The summed E-state index contributed by atoms with van der Waals surface area (Å²) < 4.78 is 0. The minimum Gasteiger partial charge on any atom is -0.393 e. The number of rotatable bonds is 5. The first-order valence-corrected chi connectivity index (χ1v) is 7.23. The second-order valence-corrected chi connectivity index (χ2v) is 5.66. The maximum atomic E-state index is 12.1. The maximum absolute atomic E-state index is 12.1. The van der Waals surface area contributed by atoms with Crippen LogP contribution in [-0.2, 0) is 13.0 Å². The van der Waals surface area contributed by atoms with Crippen molar-refractivity contribution >= 4 is 28.6 Å². The molecule has 2 rings (SSSR count). The number of benzene rings is 1. The smallest absolute Gasteiger partial charge is 0.304 e. The van der Waals surface area contributed by atoms with Gasteiger partial charge in [0.25, 0.3) is 5.91 Å². The first-order valence-electron chi connectivity index (χ1n) is 6.41. The number of carbonyl (C=O) groups excluding carboxylic acids is 1. The molecule has 0 aliphatic heterocycles. The average molecular weight is 305 g/mol. The van der Waals surface area contributed by atoms with Crippen LogP contribution in [0.25, 0.3) is 0 Å². The van der Waals surface area contributed by atoms with Crippen molar-refractivity contribution in [1.82, 2.24) is 5.32 Å². The van der Waals surface area contributed by atoms with Crippen LogP contribution in [0.15, 0.2) is 30.3 Å². The van der Waals surface area contributed by atoms with Crippen LogP contribution in [0.3, 0.4) is 0 Å². The minimum atomic E-state index is -0.634. The van der Waals surface area contributed by atoms with Crippen LogP contribution in [0.2, 0.25) is 0 Å². The third-order valence-electron chi connectivity index (χ3n) is 2.98. The molecule has 0 aliphatic rings. The summed E-state index contributed by atoms with van der Waals surface area (Å²) in [5, 5.41) is 13.7. The van der Waals surface area contributed by atoms with E-state index in [9.17, 15) is 14.9 Å². The number of nitrogens with two attached hydrogens (primary N) is 1. The van der Waals surface area contributed by atoms with Crippen LogP contribution in [-0.4, -0.2) is 10.8 Å². The average Bonchev–Trinajstić information content (AvgIpc) is 2.92. The number of carbonyl (C=O) groups is 1. The number of nitrogen functional groups attached to an aromatic ring is 1. The Bertz CT molecular complexity index is 682. The van der Waals surface area contributed by atoms with E-state index in [0.717, 1.165) is 11.3 Å².